The highest BCUT2D eigenvalue weighted by molar-refractivity contribution is 6.61. The van der Waals surface area contributed by atoms with E-state index in [9.17, 15) is 4.79 Å². The quantitative estimate of drug-likeness (QED) is 0.462. The summed E-state index contributed by atoms with van der Waals surface area (Å²) in [5, 5.41) is 0. The summed E-state index contributed by atoms with van der Waals surface area (Å²) < 4.78 is 9.39. The smallest absolute Gasteiger partial charge is 0.403 e. The monoisotopic (exact) mass is 166 g/mol. The molecule has 0 rings (SSSR count). The number of carbonyl (C=O) groups is 1. The fraction of sp³-hybridized carbons (Fsp3) is 0.833. The summed E-state index contributed by atoms with van der Waals surface area (Å²) >= 11 is 4.87. The number of ether oxygens (including phenoxy) is 2. The molecule has 0 aromatic carbocycles. The standard InChI is InChI=1S/C6H11ClO3/c1-2-3-9-4-5-10-6(7)8/h2-5H2,1H3. The topological polar surface area (TPSA) is 35.5 Å². The van der Waals surface area contributed by atoms with Crippen LogP contribution in [-0.2, 0) is 9.47 Å². The average Bonchev–Trinajstić information content (AvgIpc) is 1.87. The van der Waals surface area contributed by atoms with Crippen molar-refractivity contribution in [1.29, 1.82) is 0 Å². The summed E-state index contributed by atoms with van der Waals surface area (Å²) in [4.78, 5) is 9.96. The first-order chi connectivity index (χ1) is 4.77. The Morgan fingerprint density at radius 3 is 2.60 bits per heavy atom. The van der Waals surface area contributed by atoms with Gasteiger partial charge >= 0.3 is 5.43 Å². The van der Waals surface area contributed by atoms with E-state index in [0.717, 1.165) is 6.42 Å². The van der Waals surface area contributed by atoms with E-state index in [0.29, 0.717) is 13.2 Å². The lowest BCUT2D eigenvalue weighted by atomic mass is 10.5. The molecule has 10 heavy (non-hydrogen) atoms. The van der Waals surface area contributed by atoms with Crippen molar-refractivity contribution in [3.63, 3.8) is 0 Å². The summed E-state index contributed by atoms with van der Waals surface area (Å²) in [6.45, 7) is 3.36. The Morgan fingerprint density at radius 1 is 1.40 bits per heavy atom. The minimum absolute atomic E-state index is 0.238. The second-order valence-corrected chi connectivity index (χ2v) is 2.01. The van der Waals surface area contributed by atoms with Crippen molar-refractivity contribution in [2.45, 2.75) is 13.3 Å². The molecule has 0 heterocycles. The van der Waals surface area contributed by atoms with Gasteiger partial charge < -0.3 is 9.47 Å². The maximum absolute atomic E-state index is 9.96. The Balaban J connectivity index is 2.84. The van der Waals surface area contributed by atoms with Gasteiger partial charge in [-0.05, 0) is 6.42 Å². The number of carbonyl (C=O) groups excluding carboxylic acids is 1. The van der Waals surface area contributed by atoms with Crippen LogP contribution in [0.1, 0.15) is 13.3 Å². The second kappa shape index (κ2) is 6.83. The highest BCUT2D eigenvalue weighted by Gasteiger charge is 1.93. The fourth-order valence-corrected chi connectivity index (χ4v) is 0.504. The van der Waals surface area contributed by atoms with Crippen LogP contribution in [0.3, 0.4) is 0 Å². The van der Waals surface area contributed by atoms with E-state index >= 15 is 0 Å². The molecule has 0 unspecified atom stereocenters. The lowest BCUT2D eigenvalue weighted by Crippen LogP contribution is -2.05. The van der Waals surface area contributed by atoms with Crippen molar-refractivity contribution in [3.8, 4) is 0 Å². The molecule has 0 radical (unpaired) electrons. The van der Waals surface area contributed by atoms with E-state index in [2.05, 4.69) is 4.74 Å². The molecule has 0 aliphatic carbocycles. The molecule has 0 aliphatic heterocycles. The van der Waals surface area contributed by atoms with E-state index in [4.69, 9.17) is 16.3 Å². The molecule has 0 aromatic rings. The molecule has 60 valence electrons. The van der Waals surface area contributed by atoms with Crippen molar-refractivity contribution in [2.75, 3.05) is 19.8 Å². The molecule has 0 aromatic heterocycles. The van der Waals surface area contributed by atoms with Gasteiger partial charge in [0.15, 0.2) is 0 Å². The van der Waals surface area contributed by atoms with Crippen LogP contribution in [0.2, 0.25) is 0 Å². The van der Waals surface area contributed by atoms with Gasteiger partial charge in [0.1, 0.15) is 6.61 Å². The predicted octanol–water partition coefficient (Wildman–Crippen LogP) is 1.79. The molecule has 0 saturated carbocycles. The zero-order chi connectivity index (χ0) is 7.82. The third-order valence-electron chi connectivity index (χ3n) is 0.792. The first kappa shape index (κ1) is 9.72. The number of rotatable bonds is 5. The zero-order valence-corrected chi connectivity index (χ0v) is 6.69. The van der Waals surface area contributed by atoms with E-state index in [1.54, 1.807) is 0 Å². The van der Waals surface area contributed by atoms with Crippen LogP contribution >= 0.6 is 11.6 Å². The van der Waals surface area contributed by atoms with Crippen LogP contribution in [0.25, 0.3) is 0 Å². The van der Waals surface area contributed by atoms with E-state index < -0.39 is 5.43 Å². The maximum atomic E-state index is 9.96. The van der Waals surface area contributed by atoms with Crippen LogP contribution in [0, 0.1) is 0 Å². The van der Waals surface area contributed by atoms with Gasteiger partial charge in [0, 0.05) is 18.2 Å². The summed E-state index contributed by atoms with van der Waals surface area (Å²) in [7, 11) is 0. The molecule has 0 bridgehead atoms. The average molecular weight is 167 g/mol. The maximum Gasteiger partial charge on any atom is 0.403 e. The third kappa shape index (κ3) is 7.72. The summed E-state index contributed by atoms with van der Waals surface area (Å²) in [6, 6.07) is 0. The second-order valence-electron chi connectivity index (χ2n) is 1.70. The van der Waals surface area contributed by atoms with Gasteiger partial charge in [-0.25, -0.2) is 4.79 Å². The Morgan fingerprint density at radius 2 is 2.10 bits per heavy atom. The summed E-state index contributed by atoms with van der Waals surface area (Å²) in [6.07, 6.45) is 0.967. The minimum atomic E-state index is -0.778. The van der Waals surface area contributed by atoms with Crippen LogP contribution in [0.15, 0.2) is 0 Å². The number of hydrogen-bond acceptors (Lipinski definition) is 3. The highest BCUT2D eigenvalue weighted by Crippen LogP contribution is 1.87. The molecule has 0 spiro atoms. The molecule has 0 saturated heterocycles. The van der Waals surface area contributed by atoms with E-state index in [1.165, 1.54) is 0 Å². The van der Waals surface area contributed by atoms with Crippen LogP contribution in [0.4, 0.5) is 4.79 Å². The van der Waals surface area contributed by atoms with Gasteiger partial charge in [0.05, 0.1) is 6.61 Å². The molecular formula is C6H11ClO3. The van der Waals surface area contributed by atoms with Crippen LogP contribution in [0.5, 0.6) is 0 Å². The predicted molar refractivity (Wildman–Crippen MR) is 38.3 cm³/mol. The fourth-order valence-electron chi connectivity index (χ4n) is 0.427. The Hall–Kier alpha value is -0.280. The molecule has 0 aliphatic rings. The van der Waals surface area contributed by atoms with Gasteiger partial charge in [-0.2, -0.15) is 0 Å². The van der Waals surface area contributed by atoms with Crippen molar-refractivity contribution in [2.24, 2.45) is 0 Å². The van der Waals surface area contributed by atoms with Crippen LogP contribution in [-0.4, -0.2) is 25.2 Å². The van der Waals surface area contributed by atoms with Crippen LogP contribution < -0.4 is 0 Å². The largest absolute Gasteiger partial charge is 0.451 e. The Bertz CT molecular complexity index is 95.0. The Kier molecular flexibility index (Phi) is 6.64. The Labute approximate surface area is 65.3 Å². The number of halogens is 1. The normalized spacial score (nSPS) is 9.40. The molecular weight excluding hydrogens is 156 g/mol. The van der Waals surface area contributed by atoms with Gasteiger partial charge in [0.2, 0.25) is 0 Å². The first-order valence-corrected chi connectivity index (χ1v) is 3.55. The van der Waals surface area contributed by atoms with E-state index in [1.807, 2.05) is 6.92 Å². The molecule has 0 fully saturated rings. The number of hydrogen-bond donors (Lipinski definition) is 0. The summed E-state index contributed by atoms with van der Waals surface area (Å²) in [5.74, 6) is 0. The van der Waals surface area contributed by atoms with Crippen molar-refractivity contribution in [3.05, 3.63) is 0 Å². The van der Waals surface area contributed by atoms with Gasteiger partial charge in [-0.3, -0.25) is 0 Å². The molecule has 3 nitrogen and oxygen atoms in total. The van der Waals surface area contributed by atoms with Crippen molar-refractivity contribution >= 4 is 17.0 Å². The van der Waals surface area contributed by atoms with Gasteiger partial charge in [-0.15, -0.1) is 0 Å². The SMILES string of the molecule is CCCOCCOC(=O)Cl. The van der Waals surface area contributed by atoms with Crippen molar-refractivity contribution < 1.29 is 14.3 Å². The van der Waals surface area contributed by atoms with Crippen molar-refractivity contribution in [1.82, 2.24) is 0 Å². The molecule has 0 atom stereocenters. The molecule has 4 heteroatoms. The first-order valence-electron chi connectivity index (χ1n) is 3.17. The third-order valence-corrected chi connectivity index (χ3v) is 0.901. The lowest BCUT2D eigenvalue weighted by molar-refractivity contribution is 0.0826. The van der Waals surface area contributed by atoms with Gasteiger partial charge in [0.25, 0.3) is 0 Å². The summed E-state index contributed by atoms with van der Waals surface area (Å²) in [5.41, 5.74) is -0.778. The molecule has 0 amide bonds. The zero-order valence-electron chi connectivity index (χ0n) is 5.93. The van der Waals surface area contributed by atoms with Gasteiger partial charge in [-0.1, -0.05) is 6.92 Å². The molecule has 0 N–H and O–H groups in total. The van der Waals surface area contributed by atoms with E-state index in [-0.39, 0.29) is 6.61 Å². The highest BCUT2D eigenvalue weighted by atomic mass is 35.5. The lowest BCUT2D eigenvalue weighted by Gasteiger charge is -2.00. The minimum Gasteiger partial charge on any atom is -0.451 e.